The maximum Gasteiger partial charge on any atom is 0.310 e. The summed E-state index contributed by atoms with van der Waals surface area (Å²) in [6, 6.07) is 0. The first kappa shape index (κ1) is 17.8. The highest BCUT2D eigenvalue weighted by molar-refractivity contribution is 6.00. The second kappa shape index (κ2) is 6.93. The zero-order chi connectivity index (χ0) is 17.9. The molecule has 2 rings (SSSR count). The second-order valence-corrected chi connectivity index (χ2v) is 6.65. The van der Waals surface area contributed by atoms with E-state index >= 15 is 0 Å². The first-order chi connectivity index (χ1) is 11.3. The van der Waals surface area contributed by atoms with Crippen LogP contribution in [0, 0.1) is 41.9 Å². The number of carbonyl (C=O) groups is 2. The van der Waals surface area contributed by atoms with E-state index < -0.39 is 6.10 Å². The fourth-order valence-electron chi connectivity index (χ4n) is 3.13. The fraction of sp³-hybridized carbons (Fsp3) is 0.526. The number of oxime groups is 1. The van der Waals surface area contributed by atoms with Gasteiger partial charge in [-0.2, -0.15) is 0 Å². The van der Waals surface area contributed by atoms with Gasteiger partial charge in [0.15, 0.2) is 12.4 Å². The molecule has 5 nitrogen and oxygen atoms in total. The van der Waals surface area contributed by atoms with Crippen molar-refractivity contribution in [2.45, 2.75) is 39.7 Å². The first-order valence-corrected chi connectivity index (χ1v) is 7.80. The Labute approximate surface area is 142 Å². The predicted octanol–water partition coefficient (Wildman–Crippen LogP) is 2.12. The summed E-state index contributed by atoms with van der Waals surface area (Å²) in [5.41, 5.74) is 1.08. The van der Waals surface area contributed by atoms with Crippen LogP contribution in [0.4, 0.5) is 0 Å². The SMILES string of the molecule is C#CCO/N=C/C1C(C(=O)OC2CC(=O)C(CC#C)=C2C)C1(C)C. The highest BCUT2D eigenvalue weighted by Gasteiger charge is 2.62. The highest BCUT2D eigenvalue weighted by Crippen LogP contribution is 2.58. The molecule has 1 fully saturated rings. The minimum atomic E-state index is -0.514. The first-order valence-electron chi connectivity index (χ1n) is 7.80. The molecule has 1 saturated carbocycles. The van der Waals surface area contributed by atoms with Gasteiger partial charge in [-0.3, -0.25) is 9.59 Å². The maximum absolute atomic E-state index is 12.5. The van der Waals surface area contributed by atoms with Crippen LogP contribution in [-0.2, 0) is 19.2 Å². The Kier molecular flexibility index (Phi) is 5.14. The van der Waals surface area contributed by atoms with Crippen LogP contribution in [0.3, 0.4) is 0 Å². The Hall–Kier alpha value is -2.53. The number of hydrogen-bond acceptors (Lipinski definition) is 5. The molecule has 0 amide bonds. The fourth-order valence-corrected chi connectivity index (χ4v) is 3.13. The van der Waals surface area contributed by atoms with Crippen LogP contribution in [0.1, 0.15) is 33.6 Å². The summed E-state index contributed by atoms with van der Waals surface area (Å²) in [5.74, 6) is 4.02. The van der Waals surface area contributed by atoms with Crippen molar-refractivity contribution >= 4 is 18.0 Å². The number of Topliss-reactive ketones (excluding diaryl/α,β-unsaturated/α-hetero) is 1. The minimum absolute atomic E-state index is 0.0425. The van der Waals surface area contributed by atoms with Crippen molar-refractivity contribution in [2.24, 2.45) is 22.4 Å². The number of carbonyl (C=O) groups excluding carboxylic acids is 2. The normalized spacial score (nSPS) is 27.7. The molecule has 0 radical (unpaired) electrons. The van der Waals surface area contributed by atoms with Crippen LogP contribution in [0.2, 0.25) is 0 Å². The predicted molar refractivity (Wildman–Crippen MR) is 89.7 cm³/mol. The third-order valence-corrected chi connectivity index (χ3v) is 4.81. The van der Waals surface area contributed by atoms with Gasteiger partial charge in [-0.15, -0.1) is 18.8 Å². The lowest BCUT2D eigenvalue weighted by molar-refractivity contribution is -0.150. The Balaban J connectivity index is 1.99. The second-order valence-electron chi connectivity index (χ2n) is 6.65. The van der Waals surface area contributed by atoms with Crippen molar-refractivity contribution in [3.8, 4) is 24.7 Å². The minimum Gasteiger partial charge on any atom is -0.457 e. The van der Waals surface area contributed by atoms with Gasteiger partial charge in [0.25, 0.3) is 0 Å². The van der Waals surface area contributed by atoms with Gasteiger partial charge in [0.1, 0.15) is 6.10 Å². The van der Waals surface area contributed by atoms with Crippen molar-refractivity contribution < 1.29 is 19.2 Å². The molecule has 5 heteroatoms. The van der Waals surface area contributed by atoms with Gasteiger partial charge in [-0.1, -0.05) is 24.9 Å². The quantitative estimate of drug-likeness (QED) is 0.246. The number of esters is 1. The van der Waals surface area contributed by atoms with Crippen LogP contribution in [0.5, 0.6) is 0 Å². The van der Waals surface area contributed by atoms with E-state index in [9.17, 15) is 9.59 Å². The summed E-state index contributed by atoms with van der Waals surface area (Å²) < 4.78 is 5.57. The number of hydrogen-bond donors (Lipinski definition) is 0. The number of ketones is 1. The number of allylic oxidation sites excluding steroid dienone is 1. The van der Waals surface area contributed by atoms with Crippen LogP contribution < -0.4 is 0 Å². The van der Waals surface area contributed by atoms with Gasteiger partial charge in [0, 0.05) is 24.1 Å². The van der Waals surface area contributed by atoms with E-state index in [1.54, 1.807) is 13.1 Å². The molecule has 0 N–H and O–H groups in total. The molecule has 0 saturated heterocycles. The lowest BCUT2D eigenvalue weighted by atomic mass is 10.1. The lowest BCUT2D eigenvalue weighted by Crippen LogP contribution is -2.20. The molecule has 126 valence electrons. The third kappa shape index (κ3) is 3.36. The molecule has 2 aliphatic carbocycles. The monoisotopic (exact) mass is 327 g/mol. The number of nitrogens with zero attached hydrogens (tertiary/aromatic N) is 1. The van der Waals surface area contributed by atoms with Gasteiger partial charge >= 0.3 is 5.97 Å². The molecule has 0 aromatic heterocycles. The highest BCUT2D eigenvalue weighted by atomic mass is 16.6. The Morgan fingerprint density at radius 2 is 2.12 bits per heavy atom. The van der Waals surface area contributed by atoms with Gasteiger partial charge < -0.3 is 9.57 Å². The van der Waals surface area contributed by atoms with E-state index in [0.717, 1.165) is 5.57 Å². The van der Waals surface area contributed by atoms with Crippen LogP contribution in [0.15, 0.2) is 16.3 Å². The van der Waals surface area contributed by atoms with E-state index in [0.29, 0.717) is 5.57 Å². The molecule has 0 aliphatic heterocycles. The maximum atomic E-state index is 12.5. The number of rotatable bonds is 6. The third-order valence-electron chi connectivity index (χ3n) is 4.81. The average Bonchev–Trinajstić information content (AvgIpc) is 2.98. The molecule has 0 aromatic carbocycles. The van der Waals surface area contributed by atoms with E-state index in [4.69, 9.17) is 22.4 Å². The van der Waals surface area contributed by atoms with Gasteiger partial charge in [-0.05, 0) is 17.9 Å². The summed E-state index contributed by atoms with van der Waals surface area (Å²) in [6.07, 6.45) is 11.9. The lowest BCUT2D eigenvalue weighted by Gasteiger charge is -2.13. The van der Waals surface area contributed by atoms with Crippen molar-refractivity contribution in [1.82, 2.24) is 0 Å². The van der Waals surface area contributed by atoms with E-state index in [1.807, 2.05) is 13.8 Å². The van der Waals surface area contributed by atoms with Gasteiger partial charge in [0.05, 0.1) is 12.3 Å². The summed E-state index contributed by atoms with van der Waals surface area (Å²) in [5, 5.41) is 3.79. The largest absolute Gasteiger partial charge is 0.457 e. The summed E-state index contributed by atoms with van der Waals surface area (Å²) in [6.45, 7) is 5.80. The number of ether oxygens (including phenoxy) is 1. The molecule has 0 spiro atoms. The van der Waals surface area contributed by atoms with Crippen molar-refractivity contribution in [3.63, 3.8) is 0 Å². The van der Waals surface area contributed by atoms with E-state index in [1.165, 1.54) is 0 Å². The van der Waals surface area contributed by atoms with Gasteiger partial charge in [-0.25, -0.2) is 0 Å². The van der Waals surface area contributed by atoms with Gasteiger partial charge in [0.2, 0.25) is 0 Å². The Bertz CT molecular complexity index is 687. The van der Waals surface area contributed by atoms with Crippen molar-refractivity contribution in [3.05, 3.63) is 11.1 Å². The summed E-state index contributed by atoms with van der Waals surface area (Å²) in [4.78, 5) is 29.3. The molecule has 3 unspecified atom stereocenters. The van der Waals surface area contributed by atoms with Crippen LogP contribution in [-0.4, -0.2) is 30.7 Å². The topological polar surface area (TPSA) is 65.0 Å². The standard InChI is InChI=1S/C19H21NO4/c1-6-8-13-12(3)16(10-15(13)21)24-18(22)17-14(19(17,4)5)11-20-23-9-7-2/h1-2,11,14,16-17H,8-10H2,3-5H3/b20-11+. The summed E-state index contributed by atoms with van der Waals surface area (Å²) in [7, 11) is 0. The molecular formula is C19H21NO4. The Morgan fingerprint density at radius 1 is 1.42 bits per heavy atom. The number of terminal acetylenes is 2. The molecule has 0 aromatic rings. The molecule has 2 aliphatic rings. The smallest absolute Gasteiger partial charge is 0.310 e. The van der Waals surface area contributed by atoms with Crippen molar-refractivity contribution in [2.75, 3.05) is 6.61 Å². The van der Waals surface area contributed by atoms with Crippen LogP contribution in [0.25, 0.3) is 0 Å². The van der Waals surface area contributed by atoms with Crippen LogP contribution >= 0.6 is 0 Å². The molecule has 3 atom stereocenters. The van der Waals surface area contributed by atoms with E-state index in [-0.39, 0.29) is 48.5 Å². The molecule has 0 bridgehead atoms. The summed E-state index contributed by atoms with van der Waals surface area (Å²) >= 11 is 0. The Morgan fingerprint density at radius 3 is 2.75 bits per heavy atom. The van der Waals surface area contributed by atoms with Crippen molar-refractivity contribution in [1.29, 1.82) is 0 Å². The van der Waals surface area contributed by atoms with E-state index in [2.05, 4.69) is 17.0 Å². The zero-order valence-corrected chi connectivity index (χ0v) is 14.2. The average molecular weight is 327 g/mol. The molecule has 24 heavy (non-hydrogen) atoms. The molecule has 0 heterocycles. The zero-order valence-electron chi connectivity index (χ0n) is 14.2. The molecular weight excluding hydrogens is 306 g/mol.